The maximum atomic E-state index is 12.7. The molecule has 0 bridgehead atoms. The Kier molecular flexibility index (Phi) is 3.14. The topological polar surface area (TPSA) is 37.8 Å². The molecule has 0 spiro atoms. The average Bonchev–Trinajstić information content (AvgIpc) is 2.79. The standard InChI is InChI=1S/C14H18N2OS2/c1-14(2)7-4-3-5-10(14)16-12(17)9-6-8-19-11(9)15-13(16)18/h6,8,10H,3-5,7H2,1-2H3,(H,15,18). The quantitative estimate of drug-likeness (QED) is 0.798. The summed E-state index contributed by atoms with van der Waals surface area (Å²) in [4.78, 5) is 16.8. The van der Waals surface area contributed by atoms with Crippen LogP contribution in [0, 0.1) is 10.2 Å². The number of H-pyrrole nitrogens is 1. The minimum atomic E-state index is 0.0694. The van der Waals surface area contributed by atoms with Crippen LogP contribution >= 0.6 is 23.6 Å². The van der Waals surface area contributed by atoms with Gasteiger partial charge in [0.1, 0.15) is 4.83 Å². The van der Waals surface area contributed by atoms with Crippen molar-refractivity contribution >= 4 is 33.8 Å². The van der Waals surface area contributed by atoms with Gasteiger partial charge in [0.2, 0.25) is 0 Å². The second-order valence-electron chi connectivity index (χ2n) is 6.02. The number of nitrogens with zero attached hydrogens (tertiary/aromatic N) is 1. The summed E-state index contributed by atoms with van der Waals surface area (Å²) < 4.78 is 2.39. The smallest absolute Gasteiger partial charge is 0.263 e. The molecule has 0 aliphatic heterocycles. The van der Waals surface area contributed by atoms with E-state index in [1.54, 1.807) is 0 Å². The Morgan fingerprint density at radius 1 is 1.47 bits per heavy atom. The molecular weight excluding hydrogens is 276 g/mol. The molecule has 1 fully saturated rings. The van der Waals surface area contributed by atoms with Gasteiger partial charge in [-0.2, -0.15) is 0 Å². The van der Waals surface area contributed by atoms with Crippen LogP contribution in [0.3, 0.4) is 0 Å². The zero-order valence-electron chi connectivity index (χ0n) is 11.2. The van der Waals surface area contributed by atoms with E-state index in [1.165, 1.54) is 24.2 Å². The molecule has 3 rings (SSSR count). The average molecular weight is 294 g/mol. The Balaban J connectivity index is 2.24. The first-order valence-electron chi connectivity index (χ1n) is 6.73. The van der Waals surface area contributed by atoms with Gasteiger partial charge in [0, 0.05) is 6.04 Å². The second kappa shape index (κ2) is 4.56. The first-order chi connectivity index (χ1) is 9.00. The second-order valence-corrected chi connectivity index (χ2v) is 7.32. The predicted molar refractivity (Wildman–Crippen MR) is 82.6 cm³/mol. The Morgan fingerprint density at radius 3 is 3.00 bits per heavy atom. The van der Waals surface area contributed by atoms with Gasteiger partial charge in [0.15, 0.2) is 4.77 Å². The summed E-state index contributed by atoms with van der Waals surface area (Å²) in [6.07, 6.45) is 4.62. The van der Waals surface area contributed by atoms with Crippen molar-refractivity contribution in [3.63, 3.8) is 0 Å². The van der Waals surface area contributed by atoms with Crippen molar-refractivity contribution in [2.45, 2.75) is 45.6 Å². The maximum Gasteiger partial charge on any atom is 0.263 e. The molecule has 102 valence electrons. The van der Waals surface area contributed by atoms with Gasteiger partial charge in [0.05, 0.1) is 5.39 Å². The lowest BCUT2D eigenvalue weighted by Gasteiger charge is -2.39. The van der Waals surface area contributed by atoms with Crippen molar-refractivity contribution in [3.05, 3.63) is 26.6 Å². The molecule has 3 nitrogen and oxygen atoms in total. The van der Waals surface area contributed by atoms with Crippen LogP contribution in [0.2, 0.25) is 0 Å². The Hall–Kier alpha value is -0.940. The van der Waals surface area contributed by atoms with E-state index < -0.39 is 0 Å². The Morgan fingerprint density at radius 2 is 2.26 bits per heavy atom. The van der Waals surface area contributed by atoms with Crippen molar-refractivity contribution in [1.29, 1.82) is 0 Å². The normalized spacial score (nSPS) is 22.7. The molecule has 1 aliphatic rings. The van der Waals surface area contributed by atoms with Gasteiger partial charge in [-0.05, 0) is 41.9 Å². The summed E-state index contributed by atoms with van der Waals surface area (Å²) in [6.45, 7) is 4.49. The summed E-state index contributed by atoms with van der Waals surface area (Å²) in [7, 11) is 0. The lowest BCUT2D eigenvalue weighted by Crippen LogP contribution is -2.37. The highest BCUT2D eigenvalue weighted by Crippen LogP contribution is 2.43. The number of nitrogens with one attached hydrogen (secondary N) is 1. The van der Waals surface area contributed by atoms with Crippen LogP contribution in [0.4, 0.5) is 0 Å². The summed E-state index contributed by atoms with van der Waals surface area (Å²) in [6, 6.07) is 2.10. The largest absolute Gasteiger partial charge is 0.323 e. The van der Waals surface area contributed by atoms with Crippen molar-refractivity contribution in [3.8, 4) is 0 Å². The van der Waals surface area contributed by atoms with E-state index in [0.717, 1.165) is 23.1 Å². The minimum Gasteiger partial charge on any atom is -0.323 e. The van der Waals surface area contributed by atoms with E-state index in [4.69, 9.17) is 12.2 Å². The fraction of sp³-hybridized carbons (Fsp3) is 0.571. The molecule has 2 heterocycles. The summed E-state index contributed by atoms with van der Waals surface area (Å²) in [5.41, 5.74) is 0.202. The molecule has 2 aromatic heterocycles. The SMILES string of the molecule is CC1(C)CCCCC1n1c(=S)[nH]c2sccc2c1=O. The summed E-state index contributed by atoms with van der Waals surface area (Å²) >= 11 is 6.97. The fourth-order valence-corrected chi connectivity index (χ4v) is 4.35. The molecule has 1 N–H and O–H groups in total. The first kappa shape index (κ1) is 13.1. The molecule has 1 saturated carbocycles. The van der Waals surface area contributed by atoms with Crippen molar-refractivity contribution < 1.29 is 0 Å². The van der Waals surface area contributed by atoms with Gasteiger partial charge in [-0.3, -0.25) is 9.36 Å². The highest BCUT2D eigenvalue weighted by molar-refractivity contribution is 7.71. The third-order valence-electron chi connectivity index (χ3n) is 4.32. The van der Waals surface area contributed by atoms with E-state index in [0.29, 0.717) is 4.77 Å². The molecular formula is C14H18N2OS2. The van der Waals surface area contributed by atoms with Gasteiger partial charge in [-0.25, -0.2) is 0 Å². The molecule has 0 saturated heterocycles. The fourth-order valence-electron chi connectivity index (χ4n) is 3.19. The van der Waals surface area contributed by atoms with Gasteiger partial charge in [-0.1, -0.05) is 26.7 Å². The van der Waals surface area contributed by atoms with Crippen molar-refractivity contribution in [2.75, 3.05) is 0 Å². The number of hydrogen-bond donors (Lipinski definition) is 1. The molecule has 1 aliphatic carbocycles. The number of aromatic amines is 1. The van der Waals surface area contributed by atoms with Crippen LogP contribution in [-0.4, -0.2) is 9.55 Å². The minimum absolute atomic E-state index is 0.0694. The maximum absolute atomic E-state index is 12.7. The molecule has 2 aromatic rings. The van der Waals surface area contributed by atoms with E-state index in [-0.39, 0.29) is 17.0 Å². The zero-order valence-corrected chi connectivity index (χ0v) is 12.9. The molecule has 1 unspecified atom stereocenters. The monoisotopic (exact) mass is 294 g/mol. The van der Waals surface area contributed by atoms with Crippen LogP contribution in [0.5, 0.6) is 0 Å². The van der Waals surface area contributed by atoms with E-state index in [1.807, 2.05) is 16.0 Å². The van der Waals surface area contributed by atoms with Crippen molar-refractivity contribution in [1.82, 2.24) is 9.55 Å². The number of thiophene rings is 1. The lowest BCUT2D eigenvalue weighted by molar-refractivity contribution is 0.139. The van der Waals surface area contributed by atoms with E-state index in [2.05, 4.69) is 18.8 Å². The Labute approximate surface area is 121 Å². The van der Waals surface area contributed by atoms with Crippen LogP contribution in [0.25, 0.3) is 10.2 Å². The van der Waals surface area contributed by atoms with Gasteiger partial charge >= 0.3 is 0 Å². The molecule has 5 heteroatoms. The predicted octanol–water partition coefficient (Wildman–Crippen LogP) is 4.26. The highest BCUT2D eigenvalue weighted by atomic mass is 32.1. The van der Waals surface area contributed by atoms with Gasteiger partial charge < -0.3 is 4.98 Å². The number of rotatable bonds is 1. The zero-order chi connectivity index (χ0) is 13.6. The first-order valence-corrected chi connectivity index (χ1v) is 8.01. The summed E-state index contributed by atoms with van der Waals surface area (Å²) in [5.74, 6) is 0. The molecule has 1 atom stereocenters. The van der Waals surface area contributed by atoms with Crippen LogP contribution in [-0.2, 0) is 0 Å². The third kappa shape index (κ3) is 2.09. The number of aromatic nitrogens is 2. The van der Waals surface area contributed by atoms with E-state index >= 15 is 0 Å². The molecule has 0 radical (unpaired) electrons. The van der Waals surface area contributed by atoms with Crippen LogP contribution in [0.15, 0.2) is 16.2 Å². The number of fused-ring (bicyclic) bond motifs is 1. The lowest BCUT2D eigenvalue weighted by atomic mass is 9.73. The molecule has 0 amide bonds. The van der Waals surface area contributed by atoms with Gasteiger partial charge in [0.25, 0.3) is 5.56 Å². The molecule has 19 heavy (non-hydrogen) atoms. The number of hydrogen-bond acceptors (Lipinski definition) is 3. The third-order valence-corrected chi connectivity index (χ3v) is 5.44. The van der Waals surface area contributed by atoms with E-state index in [9.17, 15) is 4.79 Å². The summed E-state index contributed by atoms with van der Waals surface area (Å²) in [5, 5.41) is 2.70. The molecule has 0 aromatic carbocycles. The van der Waals surface area contributed by atoms with Gasteiger partial charge in [-0.15, -0.1) is 11.3 Å². The highest BCUT2D eigenvalue weighted by Gasteiger charge is 2.34. The Bertz CT molecular complexity index is 723. The van der Waals surface area contributed by atoms with Crippen molar-refractivity contribution in [2.24, 2.45) is 5.41 Å². The van der Waals surface area contributed by atoms with Crippen LogP contribution < -0.4 is 5.56 Å². The van der Waals surface area contributed by atoms with Crippen LogP contribution in [0.1, 0.15) is 45.6 Å².